The Morgan fingerprint density at radius 2 is 1.90 bits per heavy atom. The molecule has 2 aromatic carbocycles. The normalized spacial score (nSPS) is 17.1. The van der Waals surface area contributed by atoms with Crippen molar-refractivity contribution in [3.8, 4) is 23.0 Å². The molecule has 1 aliphatic rings. The van der Waals surface area contributed by atoms with Gasteiger partial charge in [0.1, 0.15) is 11.5 Å². The smallest absolute Gasteiger partial charge is 0.161 e. The van der Waals surface area contributed by atoms with E-state index in [-0.39, 0.29) is 17.4 Å². The highest BCUT2D eigenvalue weighted by Crippen LogP contribution is 2.39. The molecule has 2 N–H and O–H groups in total. The molecule has 1 aliphatic heterocycles. The van der Waals surface area contributed by atoms with E-state index in [1.165, 1.54) is 7.11 Å². The summed E-state index contributed by atoms with van der Waals surface area (Å²) in [5.41, 5.74) is 2.14. The molecular weight excluding hydrogens is 256 g/mol. The van der Waals surface area contributed by atoms with Crippen LogP contribution in [0.2, 0.25) is 0 Å². The van der Waals surface area contributed by atoms with Crippen LogP contribution in [0.3, 0.4) is 0 Å². The van der Waals surface area contributed by atoms with E-state index in [0.29, 0.717) is 18.1 Å². The molecule has 20 heavy (non-hydrogen) atoms. The molecule has 0 unspecified atom stereocenters. The van der Waals surface area contributed by atoms with Crippen molar-refractivity contribution in [3.05, 3.63) is 47.5 Å². The van der Waals surface area contributed by atoms with Gasteiger partial charge < -0.3 is 19.7 Å². The zero-order valence-electron chi connectivity index (χ0n) is 11.2. The number of phenolic OH excluding ortho intramolecular Hbond substituents is 2. The standard InChI is InChI=1S/C16H16O4/c1-19-16-7-11-6-12(9-20-15(11)8-14(16)18)10-2-4-13(17)5-3-10/h2-5,7-8,12,17-18H,6,9H2,1H3/t12-/m1/s1. The minimum Gasteiger partial charge on any atom is -0.508 e. The van der Waals surface area contributed by atoms with Crippen LogP contribution in [-0.2, 0) is 6.42 Å². The molecule has 0 saturated heterocycles. The van der Waals surface area contributed by atoms with Crippen LogP contribution >= 0.6 is 0 Å². The zero-order valence-corrected chi connectivity index (χ0v) is 11.2. The van der Waals surface area contributed by atoms with E-state index in [9.17, 15) is 10.2 Å². The van der Waals surface area contributed by atoms with Crippen LogP contribution < -0.4 is 9.47 Å². The third-order valence-corrected chi connectivity index (χ3v) is 3.63. The highest BCUT2D eigenvalue weighted by Gasteiger charge is 2.23. The quantitative estimate of drug-likeness (QED) is 0.882. The second kappa shape index (κ2) is 4.96. The Bertz CT molecular complexity index is 619. The minimum absolute atomic E-state index is 0.0920. The predicted octanol–water partition coefficient (Wildman–Crippen LogP) is 2.83. The van der Waals surface area contributed by atoms with Crippen molar-refractivity contribution in [2.45, 2.75) is 12.3 Å². The first-order chi connectivity index (χ1) is 9.67. The summed E-state index contributed by atoms with van der Waals surface area (Å²) in [5, 5.41) is 19.1. The third kappa shape index (κ3) is 2.25. The second-order valence-electron chi connectivity index (χ2n) is 4.94. The number of rotatable bonds is 2. The molecule has 0 amide bonds. The number of benzene rings is 2. The van der Waals surface area contributed by atoms with Crippen LogP contribution in [0, 0.1) is 0 Å². The molecule has 0 aromatic heterocycles. The van der Waals surface area contributed by atoms with Crippen molar-refractivity contribution in [2.24, 2.45) is 0 Å². The van der Waals surface area contributed by atoms with E-state index in [0.717, 1.165) is 17.5 Å². The summed E-state index contributed by atoms with van der Waals surface area (Å²) in [6.45, 7) is 0.559. The van der Waals surface area contributed by atoms with Crippen LogP contribution in [0.5, 0.6) is 23.0 Å². The summed E-state index contributed by atoms with van der Waals surface area (Å²) in [4.78, 5) is 0. The predicted molar refractivity (Wildman–Crippen MR) is 74.7 cm³/mol. The zero-order chi connectivity index (χ0) is 14.1. The SMILES string of the molecule is COc1cc2c(cc1O)OC[C@H](c1ccc(O)cc1)C2. The van der Waals surface area contributed by atoms with Crippen molar-refractivity contribution < 1.29 is 19.7 Å². The highest BCUT2D eigenvalue weighted by molar-refractivity contribution is 5.51. The maximum absolute atomic E-state index is 9.75. The van der Waals surface area contributed by atoms with Crippen LogP contribution in [0.4, 0.5) is 0 Å². The molecule has 0 spiro atoms. The monoisotopic (exact) mass is 272 g/mol. The summed E-state index contributed by atoms with van der Waals surface area (Å²) in [7, 11) is 1.53. The minimum atomic E-state index is 0.0920. The first kappa shape index (κ1) is 12.7. The fourth-order valence-corrected chi connectivity index (χ4v) is 2.52. The van der Waals surface area contributed by atoms with Gasteiger partial charge in [-0.15, -0.1) is 0 Å². The molecule has 0 aliphatic carbocycles. The lowest BCUT2D eigenvalue weighted by atomic mass is 9.90. The molecule has 0 radical (unpaired) electrons. The molecule has 4 nitrogen and oxygen atoms in total. The Labute approximate surface area is 117 Å². The Kier molecular flexibility index (Phi) is 3.14. The van der Waals surface area contributed by atoms with Gasteiger partial charge in [-0.3, -0.25) is 0 Å². The molecule has 0 saturated carbocycles. The van der Waals surface area contributed by atoms with Crippen LogP contribution in [0.1, 0.15) is 17.0 Å². The Hall–Kier alpha value is -2.36. The van der Waals surface area contributed by atoms with E-state index in [4.69, 9.17) is 9.47 Å². The second-order valence-corrected chi connectivity index (χ2v) is 4.94. The summed E-state index contributed by atoms with van der Waals surface area (Å²) < 4.78 is 10.9. The van der Waals surface area contributed by atoms with Gasteiger partial charge >= 0.3 is 0 Å². The lowest BCUT2D eigenvalue weighted by Gasteiger charge is -2.26. The van der Waals surface area contributed by atoms with Crippen LogP contribution in [0.15, 0.2) is 36.4 Å². The topological polar surface area (TPSA) is 58.9 Å². The molecule has 104 valence electrons. The number of phenols is 2. The number of methoxy groups -OCH3 is 1. The van der Waals surface area contributed by atoms with Gasteiger partial charge in [-0.05, 0) is 35.7 Å². The Morgan fingerprint density at radius 1 is 1.15 bits per heavy atom. The molecular formula is C16H16O4. The lowest BCUT2D eigenvalue weighted by Crippen LogP contribution is -2.19. The molecule has 1 heterocycles. The van der Waals surface area contributed by atoms with E-state index in [2.05, 4.69) is 0 Å². The number of fused-ring (bicyclic) bond motifs is 1. The molecule has 1 atom stereocenters. The number of hydrogen-bond donors (Lipinski definition) is 2. The van der Waals surface area contributed by atoms with Crippen molar-refractivity contribution in [3.63, 3.8) is 0 Å². The van der Waals surface area contributed by atoms with Crippen LogP contribution in [0.25, 0.3) is 0 Å². The van der Waals surface area contributed by atoms with E-state index in [1.54, 1.807) is 18.2 Å². The molecule has 2 aromatic rings. The Balaban J connectivity index is 1.89. The van der Waals surface area contributed by atoms with Crippen molar-refractivity contribution >= 4 is 0 Å². The van der Waals surface area contributed by atoms with Gasteiger partial charge in [0.15, 0.2) is 11.5 Å². The van der Waals surface area contributed by atoms with Gasteiger partial charge in [-0.25, -0.2) is 0 Å². The third-order valence-electron chi connectivity index (χ3n) is 3.63. The van der Waals surface area contributed by atoms with Gasteiger partial charge in [0, 0.05) is 12.0 Å². The van der Waals surface area contributed by atoms with Gasteiger partial charge in [-0.1, -0.05) is 12.1 Å². The van der Waals surface area contributed by atoms with Crippen LogP contribution in [-0.4, -0.2) is 23.9 Å². The van der Waals surface area contributed by atoms with Crippen molar-refractivity contribution in [1.82, 2.24) is 0 Å². The number of hydrogen-bond acceptors (Lipinski definition) is 4. The van der Waals surface area contributed by atoms with Crippen molar-refractivity contribution in [2.75, 3.05) is 13.7 Å². The average Bonchev–Trinajstić information content (AvgIpc) is 2.47. The van der Waals surface area contributed by atoms with E-state index in [1.807, 2.05) is 18.2 Å². The van der Waals surface area contributed by atoms with Gasteiger partial charge in [-0.2, -0.15) is 0 Å². The maximum atomic E-state index is 9.75. The van der Waals surface area contributed by atoms with Gasteiger partial charge in [0.2, 0.25) is 0 Å². The fourth-order valence-electron chi connectivity index (χ4n) is 2.52. The van der Waals surface area contributed by atoms with Crippen molar-refractivity contribution in [1.29, 1.82) is 0 Å². The first-order valence-corrected chi connectivity index (χ1v) is 6.49. The number of ether oxygens (including phenoxy) is 2. The Morgan fingerprint density at radius 3 is 2.60 bits per heavy atom. The molecule has 3 rings (SSSR count). The van der Waals surface area contributed by atoms with Gasteiger partial charge in [0.25, 0.3) is 0 Å². The number of aromatic hydroxyl groups is 2. The summed E-state index contributed by atoms with van der Waals surface area (Å²) in [6.07, 6.45) is 0.816. The van der Waals surface area contributed by atoms with E-state index >= 15 is 0 Å². The largest absolute Gasteiger partial charge is 0.508 e. The molecule has 0 fully saturated rings. The highest BCUT2D eigenvalue weighted by atomic mass is 16.5. The lowest BCUT2D eigenvalue weighted by molar-refractivity contribution is 0.259. The molecule has 4 heteroatoms. The molecule has 0 bridgehead atoms. The summed E-state index contributed by atoms with van der Waals surface area (Å²) in [5.74, 6) is 1.75. The fraction of sp³-hybridized carbons (Fsp3) is 0.250. The summed E-state index contributed by atoms with van der Waals surface area (Å²) in [6, 6.07) is 10.6. The van der Waals surface area contributed by atoms with Gasteiger partial charge in [0.05, 0.1) is 13.7 Å². The average molecular weight is 272 g/mol. The maximum Gasteiger partial charge on any atom is 0.161 e. The van der Waals surface area contributed by atoms with E-state index < -0.39 is 0 Å². The summed E-state index contributed by atoms with van der Waals surface area (Å²) >= 11 is 0. The first-order valence-electron chi connectivity index (χ1n) is 6.49.